The van der Waals surface area contributed by atoms with Crippen LogP contribution in [-0.4, -0.2) is 41.9 Å². The number of unbranched alkanes of at least 4 members (excludes halogenated alkanes) is 4. The second-order valence-corrected chi connectivity index (χ2v) is 7.77. The number of nitrogens with zero attached hydrogens (tertiary/aromatic N) is 1. The van der Waals surface area contributed by atoms with Crippen molar-refractivity contribution >= 4 is 6.09 Å². The zero-order valence-electron chi connectivity index (χ0n) is 16.0. The highest BCUT2D eigenvalue weighted by Gasteiger charge is 2.36. The van der Waals surface area contributed by atoms with E-state index in [1.807, 2.05) is 25.7 Å². The number of likely N-dealkylation sites (tertiary alicyclic amines) is 1. The molecule has 1 aliphatic heterocycles. The van der Waals surface area contributed by atoms with Crippen LogP contribution in [0.15, 0.2) is 0 Å². The molecule has 0 N–H and O–H groups in total. The monoisotopic (exact) mass is 327 g/mol. The van der Waals surface area contributed by atoms with Gasteiger partial charge in [0.1, 0.15) is 5.60 Å². The molecule has 0 aliphatic carbocycles. The zero-order valence-corrected chi connectivity index (χ0v) is 16.0. The van der Waals surface area contributed by atoms with Gasteiger partial charge < -0.3 is 14.4 Å². The summed E-state index contributed by atoms with van der Waals surface area (Å²) < 4.78 is 11.7. The third kappa shape index (κ3) is 7.56. The van der Waals surface area contributed by atoms with E-state index in [4.69, 9.17) is 9.47 Å². The van der Waals surface area contributed by atoms with Crippen molar-refractivity contribution in [2.45, 2.75) is 97.2 Å². The van der Waals surface area contributed by atoms with E-state index in [9.17, 15) is 4.79 Å². The molecular formula is C19H37NO3. The molecule has 0 aromatic carbocycles. The normalized spacial score (nSPS) is 18.0. The summed E-state index contributed by atoms with van der Waals surface area (Å²) >= 11 is 0. The summed E-state index contributed by atoms with van der Waals surface area (Å²) in [4.78, 5) is 14.0. The molecule has 0 spiro atoms. The molecule has 1 rings (SSSR count). The highest BCUT2D eigenvalue weighted by Crippen LogP contribution is 2.30. The number of carbonyl (C=O) groups excluding carboxylic acids is 1. The lowest BCUT2D eigenvalue weighted by atomic mass is 9.88. The first-order valence-corrected chi connectivity index (χ1v) is 9.44. The van der Waals surface area contributed by atoms with Crippen LogP contribution in [-0.2, 0) is 9.47 Å². The summed E-state index contributed by atoms with van der Waals surface area (Å²) in [6.07, 6.45) is 8.98. The third-order valence-electron chi connectivity index (χ3n) is 4.63. The Morgan fingerprint density at radius 3 is 2.17 bits per heavy atom. The molecule has 23 heavy (non-hydrogen) atoms. The quantitative estimate of drug-likeness (QED) is 0.578. The van der Waals surface area contributed by atoms with E-state index in [-0.39, 0.29) is 11.7 Å². The number of piperidine rings is 1. The van der Waals surface area contributed by atoms with Crippen LogP contribution in [0, 0.1) is 0 Å². The van der Waals surface area contributed by atoms with Crippen LogP contribution in [0.2, 0.25) is 0 Å². The SMILES string of the molecule is CCCCCCCOC1(CC)CCN(C(=O)OC(C)(C)C)CC1. The molecule has 0 aromatic heterocycles. The van der Waals surface area contributed by atoms with Crippen molar-refractivity contribution in [1.29, 1.82) is 0 Å². The molecule has 1 heterocycles. The molecule has 136 valence electrons. The summed E-state index contributed by atoms with van der Waals surface area (Å²) in [6.45, 7) is 12.5. The Kier molecular flexibility index (Phi) is 8.38. The maximum Gasteiger partial charge on any atom is 0.410 e. The van der Waals surface area contributed by atoms with E-state index in [1.54, 1.807) is 0 Å². The first-order chi connectivity index (χ1) is 10.8. The highest BCUT2D eigenvalue weighted by molar-refractivity contribution is 5.68. The Morgan fingerprint density at radius 1 is 1.04 bits per heavy atom. The Morgan fingerprint density at radius 2 is 1.65 bits per heavy atom. The Hall–Kier alpha value is -0.770. The summed E-state index contributed by atoms with van der Waals surface area (Å²) in [5, 5.41) is 0. The summed E-state index contributed by atoms with van der Waals surface area (Å²) in [6, 6.07) is 0. The molecule has 0 unspecified atom stereocenters. The topological polar surface area (TPSA) is 38.8 Å². The third-order valence-corrected chi connectivity index (χ3v) is 4.63. The van der Waals surface area contributed by atoms with Gasteiger partial charge in [0.2, 0.25) is 0 Å². The van der Waals surface area contributed by atoms with Gasteiger partial charge in [0, 0.05) is 19.7 Å². The molecule has 0 radical (unpaired) electrons. The molecule has 0 bridgehead atoms. The number of hydrogen-bond acceptors (Lipinski definition) is 3. The van der Waals surface area contributed by atoms with E-state index >= 15 is 0 Å². The minimum Gasteiger partial charge on any atom is -0.444 e. The van der Waals surface area contributed by atoms with Gasteiger partial charge in [-0.1, -0.05) is 39.5 Å². The van der Waals surface area contributed by atoms with E-state index in [0.717, 1.165) is 45.4 Å². The van der Waals surface area contributed by atoms with E-state index in [2.05, 4.69) is 13.8 Å². The van der Waals surface area contributed by atoms with Crippen molar-refractivity contribution in [1.82, 2.24) is 4.90 Å². The first kappa shape index (κ1) is 20.3. The molecule has 1 amide bonds. The van der Waals surface area contributed by atoms with E-state index in [1.165, 1.54) is 25.7 Å². The molecule has 1 aliphatic rings. The second-order valence-electron chi connectivity index (χ2n) is 7.77. The molecule has 1 fully saturated rings. The average molecular weight is 328 g/mol. The summed E-state index contributed by atoms with van der Waals surface area (Å²) in [5.41, 5.74) is -0.464. The minimum atomic E-state index is -0.425. The van der Waals surface area contributed by atoms with Crippen LogP contribution in [0.4, 0.5) is 4.79 Å². The Balaban J connectivity index is 2.33. The summed E-state index contributed by atoms with van der Waals surface area (Å²) in [7, 11) is 0. The lowest BCUT2D eigenvalue weighted by Crippen LogP contribution is -2.49. The maximum atomic E-state index is 12.1. The largest absolute Gasteiger partial charge is 0.444 e. The van der Waals surface area contributed by atoms with Crippen molar-refractivity contribution < 1.29 is 14.3 Å². The summed E-state index contributed by atoms with van der Waals surface area (Å²) in [5.74, 6) is 0. The minimum absolute atomic E-state index is 0.0384. The van der Waals surface area contributed by atoms with Crippen LogP contribution < -0.4 is 0 Å². The van der Waals surface area contributed by atoms with E-state index in [0.29, 0.717) is 0 Å². The highest BCUT2D eigenvalue weighted by atomic mass is 16.6. The van der Waals surface area contributed by atoms with Gasteiger partial charge in [-0.2, -0.15) is 0 Å². The smallest absolute Gasteiger partial charge is 0.410 e. The van der Waals surface area contributed by atoms with Crippen LogP contribution in [0.3, 0.4) is 0 Å². The Bertz CT molecular complexity index is 341. The molecule has 0 aromatic rings. The second kappa shape index (κ2) is 9.51. The molecule has 4 nitrogen and oxygen atoms in total. The average Bonchev–Trinajstić information content (AvgIpc) is 2.49. The van der Waals surface area contributed by atoms with Gasteiger partial charge in [0.15, 0.2) is 0 Å². The first-order valence-electron chi connectivity index (χ1n) is 9.44. The van der Waals surface area contributed by atoms with Gasteiger partial charge in [-0.3, -0.25) is 0 Å². The number of rotatable bonds is 8. The van der Waals surface area contributed by atoms with Gasteiger partial charge >= 0.3 is 6.09 Å². The lowest BCUT2D eigenvalue weighted by molar-refractivity contribution is -0.0876. The lowest BCUT2D eigenvalue weighted by Gasteiger charge is -2.41. The Labute approximate surface area is 142 Å². The predicted molar refractivity (Wildman–Crippen MR) is 94.8 cm³/mol. The van der Waals surface area contributed by atoms with Gasteiger partial charge in [-0.25, -0.2) is 4.79 Å². The van der Waals surface area contributed by atoms with Crippen molar-refractivity contribution in [3.63, 3.8) is 0 Å². The number of amides is 1. The van der Waals surface area contributed by atoms with Crippen LogP contribution in [0.25, 0.3) is 0 Å². The predicted octanol–water partition coefficient (Wildman–Crippen LogP) is 5.15. The number of ether oxygens (including phenoxy) is 2. The van der Waals surface area contributed by atoms with Gasteiger partial charge in [-0.15, -0.1) is 0 Å². The molecule has 0 saturated carbocycles. The maximum absolute atomic E-state index is 12.1. The van der Waals surface area contributed by atoms with Crippen LogP contribution >= 0.6 is 0 Å². The fraction of sp³-hybridized carbons (Fsp3) is 0.947. The van der Waals surface area contributed by atoms with Gasteiger partial charge in [-0.05, 0) is 46.5 Å². The van der Waals surface area contributed by atoms with Crippen LogP contribution in [0.1, 0.15) is 86.0 Å². The van der Waals surface area contributed by atoms with Crippen molar-refractivity contribution in [2.75, 3.05) is 19.7 Å². The fourth-order valence-electron chi connectivity index (χ4n) is 3.02. The van der Waals surface area contributed by atoms with Crippen molar-refractivity contribution in [3.05, 3.63) is 0 Å². The molecule has 0 atom stereocenters. The van der Waals surface area contributed by atoms with Gasteiger partial charge in [0.25, 0.3) is 0 Å². The van der Waals surface area contributed by atoms with E-state index < -0.39 is 5.60 Å². The van der Waals surface area contributed by atoms with Crippen molar-refractivity contribution in [3.8, 4) is 0 Å². The molecule has 1 saturated heterocycles. The standard InChI is InChI=1S/C19H37NO3/c1-6-8-9-10-11-16-22-19(7-2)12-14-20(15-13-19)17(21)23-18(3,4)5/h6-16H2,1-5H3. The van der Waals surface area contributed by atoms with Crippen molar-refractivity contribution in [2.24, 2.45) is 0 Å². The molecular weight excluding hydrogens is 290 g/mol. The fourth-order valence-corrected chi connectivity index (χ4v) is 3.02. The van der Waals surface area contributed by atoms with Gasteiger partial charge in [0.05, 0.1) is 5.60 Å². The van der Waals surface area contributed by atoms with Crippen LogP contribution in [0.5, 0.6) is 0 Å². The zero-order chi connectivity index (χ0) is 17.3. The number of hydrogen-bond donors (Lipinski definition) is 0. The molecule has 4 heteroatoms. The number of carbonyl (C=O) groups is 1.